The van der Waals surface area contributed by atoms with Crippen molar-refractivity contribution in [1.29, 1.82) is 0 Å². The second-order valence-electron chi connectivity index (χ2n) is 5.08. The van der Waals surface area contributed by atoms with Crippen LogP contribution in [0.4, 0.5) is 0 Å². The molecule has 12 heteroatoms. The molecule has 144 valence electrons. The average molecular weight is 360 g/mol. The molecule has 0 spiro atoms. The Hall–Kier alpha value is -0.770. The lowest BCUT2D eigenvalue weighted by Gasteiger charge is -2.37. The molecule has 4 unspecified atom stereocenters. The molecule has 1 aliphatic rings. The summed E-state index contributed by atoms with van der Waals surface area (Å²) in [6.07, 6.45) is -13.9. The molecule has 1 heterocycles. The molecule has 1 saturated heterocycles. The largest absolute Gasteiger partial charge is 0.394 e. The van der Waals surface area contributed by atoms with Gasteiger partial charge >= 0.3 is 0 Å². The van der Waals surface area contributed by atoms with Gasteiger partial charge in [-0.1, -0.05) is 0 Å². The van der Waals surface area contributed by atoms with Gasteiger partial charge in [-0.3, -0.25) is 0 Å². The number of aliphatic hydroxyl groups is 10. The van der Waals surface area contributed by atoms with Crippen LogP contribution in [-0.2, 0) is 9.53 Å². The van der Waals surface area contributed by atoms with E-state index in [2.05, 4.69) is 4.74 Å². The van der Waals surface area contributed by atoms with Crippen molar-refractivity contribution in [2.45, 2.75) is 55.1 Å². The van der Waals surface area contributed by atoms with E-state index in [-0.39, 0.29) is 6.29 Å². The molecule has 0 radical (unpaired) electrons. The molecule has 0 aromatic rings. The van der Waals surface area contributed by atoms with E-state index < -0.39 is 68.3 Å². The number of carbonyl (C=O) groups excluding carboxylic acids is 1. The van der Waals surface area contributed by atoms with Crippen molar-refractivity contribution in [3.63, 3.8) is 0 Å². The predicted octanol–water partition coefficient (Wildman–Crippen LogP) is -6.60. The van der Waals surface area contributed by atoms with Crippen LogP contribution < -0.4 is 0 Å². The first-order valence-corrected chi connectivity index (χ1v) is 6.89. The zero-order valence-electron chi connectivity index (χ0n) is 12.5. The summed E-state index contributed by atoms with van der Waals surface area (Å²) in [6.45, 7) is -1.29. The van der Waals surface area contributed by atoms with Crippen molar-refractivity contribution >= 4 is 6.29 Å². The normalized spacial score (nSPS) is 35.2. The highest BCUT2D eigenvalue weighted by Crippen LogP contribution is 2.19. The second kappa shape index (κ2) is 11.0. The van der Waals surface area contributed by atoms with E-state index in [9.17, 15) is 4.79 Å². The van der Waals surface area contributed by atoms with E-state index >= 15 is 0 Å². The highest BCUT2D eigenvalue weighted by atomic mass is 16.6. The number of ether oxygens (including phenoxy) is 1. The third kappa shape index (κ3) is 6.27. The Balaban J connectivity index is 0.000000441. The number of hydrogen-bond acceptors (Lipinski definition) is 12. The third-order valence-corrected chi connectivity index (χ3v) is 3.29. The van der Waals surface area contributed by atoms with E-state index in [0.29, 0.717) is 0 Å². The number of aliphatic hydroxyl groups excluding tert-OH is 10. The fourth-order valence-corrected chi connectivity index (χ4v) is 1.70. The Bertz CT molecular complexity index is 350. The Morgan fingerprint density at radius 3 is 1.83 bits per heavy atom. The summed E-state index contributed by atoms with van der Waals surface area (Å²) in [7, 11) is 0. The molecule has 10 N–H and O–H groups in total. The summed E-state index contributed by atoms with van der Waals surface area (Å²) >= 11 is 0. The minimum absolute atomic E-state index is 0.0258. The van der Waals surface area contributed by atoms with Crippen molar-refractivity contribution in [2.24, 2.45) is 0 Å². The Labute approximate surface area is 136 Å². The summed E-state index contributed by atoms with van der Waals surface area (Å²) in [5, 5.41) is 88.2. The quantitative estimate of drug-likeness (QED) is 0.199. The summed E-state index contributed by atoms with van der Waals surface area (Å²) < 4.78 is 4.58. The molecule has 0 bridgehead atoms. The lowest BCUT2D eigenvalue weighted by molar-refractivity contribution is -0.286. The Morgan fingerprint density at radius 2 is 1.42 bits per heavy atom. The van der Waals surface area contributed by atoms with Gasteiger partial charge in [0.1, 0.15) is 48.8 Å². The first-order valence-electron chi connectivity index (χ1n) is 6.89. The lowest BCUT2D eigenvalue weighted by Crippen LogP contribution is -2.58. The fraction of sp³-hybridized carbons (Fsp3) is 0.917. The van der Waals surface area contributed by atoms with Crippen LogP contribution in [0, 0.1) is 0 Å². The molecule has 24 heavy (non-hydrogen) atoms. The van der Waals surface area contributed by atoms with Crippen molar-refractivity contribution in [2.75, 3.05) is 13.2 Å². The van der Waals surface area contributed by atoms with Gasteiger partial charge in [0.05, 0.1) is 13.2 Å². The Morgan fingerprint density at radius 1 is 0.875 bits per heavy atom. The predicted molar refractivity (Wildman–Crippen MR) is 73.2 cm³/mol. The lowest BCUT2D eigenvalue weighted by atomic mass is 10.00. The van der Waals surface area contributed by atoms with Crippen molar-refractivity contribution in [3.8, 4) is 0 Å². The van der Waals surface area contributed by atoms with Crippen LogP contribution in [0.25, 0.3) is 0 Å². The second-order valence-corrected chi connectivity index (χ2v) is 5.08. The van der Waals surface area contributed by atoms with Crippen LogP contribution in [0.1, 0.15) is 0 Å². The van der Waals surface area contributed by atoms with Crippen molar-refractivity contribution in [3.05, 3.63) is 0 Å². The third-order valence-electron chi connectivity index (χ3n) is 3.29. The molecule has 0 saturated carbocycles. The maximum Gasteiger partial charge on any atom is 0.184 e. The average Bonchev–Trinajstić information content (AvgIpc) is 2.60. The minimum atomic E-state index is -1.79. The summed E-state index contributed by atoms with van der Waals surface area (Å²) in [5.74, 6) is 0. The van der Waals surface area contributed by atoms with Gasteiger partial charge in [-0.2, -0.15) is 0 Å². The smallest absolute Gasteiger partial charge is 0.184 e. The molecular formula is C12H24O12. The van der Waals surface area contributed by atoms with Crippen molar-refractivity contribution < 1.29 is 60.6 Å². The van der Waals surface area contributed by atoms with Crippen LogP contribution in [0.15, 0.2) is 0 Å². The number of aldehydes is 1. The molecule has 0 aromatic heterocycles. The molecule has 1 aliphatic heterocycles. The number of rotatable bonds is 6. The minimum Gasteiger partial charge on any atom is -0.394 e. The monoisotopic (exact) mass is 360 g/mol. The molecule has 9 atom stereocenters. The van der Waals surface area contributed by atoms with Gasteiger partial charge in [-0.15, -0.1) is 0 Å². The molecular weight excluding hydrogens is 336 g/mol. The molecule has 0 amide bonds. The van der Waals surface area contributed by atoms with Crippen molar-refractivity contribution in [1.82, 2.24) is 0 Å². The zero-order chi connectivity index (χ0) is 19.0. The Kier molecular flexibility index (Phi) is 10.6. The van der Waals surface area contributed by atoms with Crippen LogP contribution in [0.5, 0.6) is 0 Å². The summed E-state index contributed by atoms with van der Waals surface area (Å²) in [4.78, 5) is 9.90. The molecule has 12 nitrogen and oxygen atoms in total. The molecule has 0 aliphatic carbocycles. The van der Waals surface area contributed by atoms with E-state index in [1.165, 1.54) is 0 Å². The van der Waals surface area contributed by atoms with Crippen LogP contribution >= 0.6 is 0 Å². The fourth-order valence-electron chi connectivity index (χ4n) is 1.70. The van der Waals surface area contributed by atoms with Crippen LogP contribution in [-0.4, -0.2) is 126 Å². The first kappa shape index (κ1) is 23.2. The van der Waals surface area contributed by atoms with Gasteiger partial charge in [0.25, 0.3) is 0 Å². The van der Waals surface area contributed by atoms with Gasteiger partial charge in [-0.05, 0) is 0 Å². The van der Waals surface area contributed by atoms with Crippen LogP contribution in [0.3, 0.4) is 0 Å². The molecule has 1 rings (SSSR count). The van der Waals surface area contributed by atoms with Gasteiger partial charge in [0, 0.05) is 0 Å². The van der Waals surface area contributed by atoms with E-state index in [1.807, 2.05) is 0 Å². The molecule has 1 fully saturated rings. The first-order chi connectivity index (χ1) is 11.1. The SMILES string of the molecule is O=CC(O)[C@H](O)[C@@H](O)C(O)CO.OCC1O[C@H](O)C(O)[C@H](O)[C@H]1O. The van der Waals surface area contributed by atoms with Crippen LogP contribution in [0.2, 0.25) is 0 Å². The maximum absolute atomic E-state index is 9.90. The van der Waals surface area contributed by atoms with Gasteiger partial charge in [0.2, 0.25) is 0 Å². The summed E-state index contributed by atoms with van der Waals surface area (Å²) in [5.41, 5.74) is 0. The molecule has 0 aromatic carbocycles. The number of hydrogen-bond donors (Lipinski definition) is 10. The van der Waals surface area contributed by atoms with E-state index in [4.69, 9.17) is 51.1 Å². The van der Waals surface area contributed by atoms with E-state index in [0.717, 1.165) is 0 Å². The van der Waals surface area contributed by atoms with Gasteiger partial charge < -0.3 is 60.6 Å². The highest BCUT2D eigenvalue weighted by Gasteiger charge is 2.42. The maximum atomic E-state index is 9.90. The number of carbonyl (C=O) groups is 1. The topological polar surface area (TPSA) is 229 Å². The zero-order valence-corrected chi connectivity index (χ0v) is 12.5. The standard InChI is InChI=1S/2C6H12O6/c7-1-2-3(8)4(9)5(10)6(11)12-2;7-1-3(9)5(11)6(12)4(10)2-8/h2-11H,1H2;1,3-6,8-12H,2H2/t2?,3-,4+,5?,6-;3?,4?,5-,6-/m00/s1. The van der Waals surface area contributed by atoms with Gasteiger partial charge in [0.15, 0.2) is 12.6 Å². The van der Waals surface area contributed by atoms with E-state index in [1.54, 1.807) is 0 Å². The van der Waals surface area contributed by atoms with Gasteiger partial charge in [-0.25, -0.2) is 0 Å². The summed E-state index contributed by atoms with van der Waals surface area (Å²) in [6, 6.07) is 0. The highest BCUT2D eigenvalue weighted by molar-refractivity contribution is 5.56.